The molecule has 2 saturated heterocycles. The average molecular weight is 763 g/mol. The van der Waals surface area contributed by atoms with Crippen LogP contribution in [0.4, 0.5) is 0 Å². The molecule has 2 aliphatic rings. The second kappa shape index (κ2) is 23.3. The lowest BCUT2D eigenvalue weighted by Crippen LogP contribution is -2.68. The molecule has 8 nitrogen and oxygen atoms in total. The first kappa shape index (κ1) is 48.9. The zero-order valence-electron chi connectivity index (χ0n) is 37.1. The van der Waals surface area contributed by atoms with Crippen LogP contribution in [0.5, 0.6) is 0 Å². The molecule has 2 rings (SSSR count). The average Bonchev–Trinajstić information content (AvgIpc) is 3.05. The van der Waals surface area contributed by atoms with Crippen LogP contribution in [0.1, 0.15) is 230 Å². The summed E-state index contributed by atoms with van der Waals surface area (Å²) in [5, 5.41) is 29.4. The standard InChI is InChI=1S/C46H88N2O6/c1-11-13-15-17-19-24-28-32-53-47-42(3,4)34-38(35-43(47,5)6)46(41(51)52,31-27-23-21-22-26-30-40(49)50)39-36-44(7,8)48(45(9,10)37-39)54-33-29-25-20-18-16-14-12-2/h38-39H,11-37H2,1-10H3,(H,49,50)(H,51,52)/p-2. The Morgan fingerprint density at radius 3 is 1.17 bits per heavy atom. The minimum atomic E-state index is -1.01. The van der Waals surface area contributed by atoms with Crippen molar-refractivity contribution in [1.82, 2.24) is 10.1 Å². The molecule has 2 heterocycles. The smallest absolute Gasteiger partial charge is 0.0685 e. The van der Waals surface area contributed by atoms with Crippen LogP contribution < -0.4 is 10.2 Å². The number of nitrogens with zero attached hydrogens (tertiary/aromatic N) is 2. The van der Waals surface area contributed by atoms with Crippen LogP contribution in [0.15, 0.2) is 0 Å². The minimum absolute atomic E-state index is 0.0799. The number of hydrogen-bond donors (Lipinski definition) is 0. The summed E-state index contributed by atoms with van der Waals surface area (Å²) in [6, 6.07) is 0. The summed E-state index contributed by atoms with van der Waals surface area (Å²) in [7, 11) is 0. The summed E-state index contributed by atoms with van der Waals surface area (Å²) in [4.78, 5) is 38.3. The van der Waals surface area contributed by atoms with E-state index in [2.05, 4.69) is 79.4 Å². The van der Waals surface area contributed by atoms with Gasteiger partial charge in [-0.15, -0.1) is 0 Å². The number of hydrogen-bond acceptors (Lipinski definition) is 8. The Hall–Kier alpha value is -1.22. The zero-order valence-corrected chi connectivity index (χ0v) is 37.1. The van der Waals surface area contributed by atoms with Crippen molar-refractivity contribution in [3.8, 4) is 0 Å². The second-order valence-electron chi connectivity index (χ2n) is 19.9. The number of piperidine rings is 2. The third kappa shape index (κ3) is 14.9. The molecule has 0 saturated carbocycles. The fourth-order valence-electron chi connectivity index (χ4n) is 10.8. The van der Waals surface area contributed by atoms with E-state index in [4.69, 9.17) is 9.68 Å². The lowest BCUT2D eigenvalue weighted by atomic mass is 9.52. The highest BCUT2D eigenvalue weighted by molar-refractivity contribution is 5.73. The first-order chi connectivity index (χ1) is 25.4. The van der Waals surface area contributed by atoms with E-state index in [1.807, 2.05) is 0 Å². The number of aliphatic carboxylic acids is 2. The number of carbonyl (C=O) groups excluding carboxylic acids is 2. The maximum Gasteiger partial charge on any atom is 0.0685 e. The summed E-state index contributed by atoms with van der Waals surface area (Å²) >= 11 is 0. The van der Waals surface area contributed by atoms with E-state index in [0.717, 1.165) is 64.2 Å². The molecule has 0 aliphatic carbocycles. The van der Waals surface area contributed by atoms with Gasteiger partial charge < -0.3 is 19.8 Å². The summed E-state index contributed by atoms with van der Waals surface area (Å²) in [5.41, 5.74) is -2.44. The van der Waals surface area contributed by atoms with E-state index in [1.54, 1.807) is 0 Å². The normalized spacial score (nSPS) is 20.7. The highest BCUT2D eigenvalue weighted by Crippen LogP contribution is 2.58. The van der Waals surface area contributed by atoms with Crippen LogP contribution >= 0.6 is 0 Å². The van der Waals surface area contributed by atoms with Gasteiger partial charge in [0.15, 0.2) is 0 Å². The molecule has 0 aromatic carbocycles. The Morgan fingerprint density at radius 1 is 0.519 bits per heavy atom. The van der Waals surface area contributed by atoms with Crippen LogP contribution in [-0.4, -0.2) is 57.4 Å². The van der Waals surface area contributed by atoms with E-state index in [1.165, 1.54) is 77.0 Å². The van der Waals surface area contributed by atoms with Gasteiger partial charge in [0.25, 0.3) is 0 Å². The molecule has 0 bridgehead atoms. The van der Waals surface area contributed by atoms with Gasteiger partial charge in [0, 0.05) is 39.5 Å². The van der Waals surface area contributed by atoms with Gasteiger partial charge >= 0.3 is 0 Å². The maximum absolute atomic E-state index is 14.1. The molecule has 0 radical (unpaired) electrons. The predicted molar refractivity (Wildman–Crippen MR) is 218 cm³/mol. The topological polar surface area (TPSA) is 105 Å². The SMILES string of the molecule is CCCCCCCCCON1C(C)(C)CC(C(CCCCCCCC(=O)[O-])(C(=O)[O-])C2CC(C)(C)N(OCCCCCCCCC)C(C)(C)C2)CC1(C)C. The van der Waals surface area contributed by atoms with E-state index in [0.29, 0.717) is 26.1 Å². The van der Waals surface area contributed by atoms with E-state index >= 15 is 0 Å². The minimum Gasteiger partial charge on any atom is -0.550 e. The molecular formula is C46H86N2O6-2. The highest BCUT2D eigenvalue weighted by Gasteiger charge is 2.59. The number of carboxylic acid groups (broad SMARTS) is 2. The summed E-state index contributed by atoms with van der Waals surface area (Å²) < 4.78 is 0. The second-order valence-corrected chi connectivity index (χ2v) is 19.9. The third-order valence-electron chi connectivity index (χ3n) is 12.9. The van der Waals surface area contributed by atoms with Crippen LogP contribution in [0.25, 0.3) is 0 Å². The van der Waals surface area contributed by atoms with Crippen LogP contribution in [-0.2, 0) is 19.3 Å². The molecule has 0 atom stereocenters. The quantitative estimate of drug-likeness (QED) is 0.0694. The number of carboxylic acids is 2. The maximum atomic E-state index is 14.1. The van der Waals surface area contributed by atoms with Crippen molar-refractivity contribution in [2.45, 2.75) is 252 Å². The molecule has 0 amide bonds. The van der Waals surface area contributed by atoms with Gasteiger partial charge in [-0.3, -0.25) is 9.68 Å². The van der Waals surface area contributed by atoms with Gasteiger partial charge in [-0.05, 0) is 125 Å². The molecule has 318 valence electrons. The van der Waals surface area contributed by atoms with Gasteiger partial charge in [-0.1, -0.05) is 117 Å². The Morgan fingerprint density at radius 2 is 0.833 bits per heavy atom. The van der Waals surface area contributed by atoms with Crippen molar-refractivity contribution in [3.05, 3.63) is 0 Å². The molecule has 2 fully saturated rings. The molecule has 0 spiro atoms. The monoisotopic (exact) mass is 763 g/mol. The fourth-order valence-corrected chi connectivity index (χ4v) is 10.8. The highest BCUT2D eigenvalue weighted by atomic mass is 16.7. The van der Waals surface area contributed by atoms with Gasteiger partial charge in [0.2, 0.25) is 0 Å². The van der Waals surface area contributed by atoms with Crippen molar-refractivity contribution in [1.29, 1.82) is 0 Å². The van der Waals surface area contributed by atoms with Gasteiger partial charge in [-0.25, -0.2) is 0 Å². The number of rotatable bonds is 29. The van der Waals surface area contributed by atoms with E-state index < -0.39 is 17.4 Å². The lowest BCUT2D eigenvalue weighted by molar-refractivity contribution is -0.343. The van der Waals surface area contributed by atoms with Crippen molar-refractivity contribution in [2.75, 3.05) is 13.2 Å². The first-order valence-corrected chi connectivity index (χ1v) is 22.6. The van der Waals surface area contributed by atoms with Crippen LogP contribution in [0, 0.1) is 17.3 Å². The zero-order chi connectivity index (χ0) is 40.5. The summed E-state index contributed by atoms with van der Waals surface area (Å²) in [6.07, 6.45) is 24.8. The van der Waals surface area contributed by atoms with Crippen LogP contribution in [0.2, 0.25) is 0 Å². The predicted octanol–water partition coefficient (Wildman–Crippen LogP) is 10.1. The van der Waals surface area contributed by atoms with Gasteiger partial charge in [-0.2, -0.15) is 10.1 Å². The number of hydroxylamine groups is 4. The van der Waals surface area contributed by atoms with E-state index in [9.17, 15) is 19.8 Å². The van der Waals surface area contributed by atoms with Gasteiger partial charge in [0.1, 0.15) is 0 Å². The Bertz CT molecular complexity index is 975. The Balaban J connectivity index is 2.29. The third-order valence-corrected chi connectivity index (χ3v) is 12.9. The molecule has 0 aromatic rings. The molecule has 0 N–H and O–H groups in total. The largest absolute Gasteiger partial charge is 0.550 e. The van der Waals surface area contributed by atoms with Crippen LogP contribution in [0.3, 0.4) is 0 Å². The Kier molecular flexibility index (Phi) is 21.1. The van der Waals surface area contributed by atoms with Gasteiger partial charge in [0.05, 0.1) is 13.2 Å². The molecule has 54 heavy (non-hydrogen) atoms. The van der Waals surface area contributed by atoms with Crippen molar-refractivity contribution in [2.24, 2.45) is 17.3 Å². The van der Waals surface area contributed by atoms with Crippen molar-refractivity contribution in [3.63, 3.8) is 0 Å². The molecular weight excluding hydrogens is 677 g/mol. The summed E-state index contributed by atoms with van der Waals surface area (Å²) in [6.45, 7) is 23.7. The Labute approximate surface area is 333 Å². The molecule has 0 unspecified atom stereocenters. The van der Waals surface area contributed by atoms with Crippen molar-refractivity contribution < 1.29 is 29.5 Å². The fraction of sp³-hybridized carbons (Fsp3) is 0.957. The summed E-state index contributed by atoms with van der Waals surface area (Å²) in [5.74, 6) is -2.07. The van der Waals surface area contributed by atoms with E-state index in [-0.39, 0.29) is 40.4 Å². The molecule has 8 heteroatoms. The molecule has 2 aliphatic heterocycles. The lowest BCUT2D eigenvalue weighted by Gasteiger charge is -2.63. The number of unbranched alkanes of at least 4 members (excludes halogenated alkanes) is 16. The van der Waals surface area contributed by atoms with Crippen molar-refractivity contribution >= 4 is 11.9 Å². The number of carbonyl (C=O) groups is 2. The molecule has 0 aromatic heterocycles. The first-order valence-electron chi connectivity index (χ1n) is 22.6.